The van der Waals surface area contributed by atoms with Crippen LogP contribution in [0.25, 0.3) is 21.8 Å². The number of pyridine rings is 1. The van der Waals surface area contributed by atoms with Crippen LogP contribution in [0, 0.1) is 0 Å². The SMILES string of the molecule is CN(C(=O)c1ccc2ncc3c(N)nn(C)c3c2c1)C1COc2cc(CO)ccc21. The van der Waals surface area contributed by atoms with Gasteiger partial charge in [0.25, 0.3) is 5.91 Å². The molecule has 0 saturated carbocycles. The summed E-state index contributed by atoms with van der Waals surface area (Å²) in [5, 5.41) is 15.2. The van der Waals surface area contributed by atoms with Crippen molar-refractivity contribution in [1.29, 1.82) is 0 Å². The minimum Gasteiger partial charge on any atom is -0.491 e. The molecule has 3 N–H and O–H groups in total. The first-order valence-electron chi connectivity index (χ1n) is 9.62. The Morgan fingerprint density at radius 3 is 2.93 bits per heavy atom. The predicted octanol–water partition coefficient (Wildman–Crippen LogP) is 2.40. The molecule has 2 aromatic carbocycles. The summed E-state index contributed by atoms with van der Waals surface area (Å²) in [6.07, 6.45) is 1.71. The maximum absolute atomic E-state index is 13.3. The number of hydrogen-bond acceptors (Lipinski definition) is 6. The first-order chi connectivity index (χ1) is 14.5. The zero-order valence-corrected chi connectivity index (χ0v) is 16.7. The highest BCUT2D eigenvalue weighted by molar-refractivity contribution is 6.09. The average Bonchev–Trinajstić information content (AvgIpc) is 3.32. The van der Waals surface area contributed by atoms with Crippen LogP contribution in [0.5, 0.6) is 5.75 Å². The number of carbonyl (C=O) groups is 1. The number of aliphatic hydroxyl groups excluding tert-OH is 1. The van der Waals surface area contributed by atoms with E-state index in [-0.39, 0.29) is 18.6 Å². The van der Waals surface area contributed by atoms with E-state index in [2.05, 4.69) is 10.1 Å². The predicted molar refractivity (Wildman–Crippen MR) is 113 cm³/mol. The molecule has 8 heteroatoms. The number of nitrogens with two attached hydrogens (primary N) is 1. The zero-order chi connectivity index (χ0) is 21.0. The Morgan fingerprint density at radius 1 is 1.30 bits per heavy atom. The second kappa shape index (κ2) is 6.70. The second-order valence-electron chi connectivity index (χ2n) is 7.53. The van der Waals surface area contributed by atoms with Gasteiger partial charge in [-0.1, -0.05) is 12.1 Å². The molecule has 1 aliphatic heterocycles. The average molecular weight is 403 g/mol. The molecule has 0 bridgehead atoms. The van der Waals surface area contributed by atoms with Crippen molar-refractivity contribution in [2.45, 2.75) is 12.6 Å². The molecule has 4 aromatic rings. The summed E-state index contributed by atoms with van der Waals surface area (Å²) in [7, 11) is 3.60. The van der Waals surface area contributed by atoms with Crippen molar-refractivity contribution < 1.29 is 14.6 Å². The van der Waals surface area contributed by atoms with Crippen LogP contribution in [-0.4, -0.2) is 44.3 Å². The first-order valence-corrected chi connectivity index (χ1v) is 9.62. The molecule has 3 heterocycles. The molecule has 0 fully saturated rings. The molecule has 0 saturated heterocycles. The van der Waals surface area contributed by atoms with Crippen LogP contribution in [0.1, 0.15) is 27.5 Å². The third kappa shape index (κ3) is 2.68. The minimum atomic E-state index is -0.197. The van der Waals surface area contributed by atoms with Crippen LogP contribution in [0.2, 0.25) is 0 Å². The summed E-state index contributed by atoms with van der Waals surface area (Å²) in [5.74, 6) is 1.01. The summed E-state index contributed by atoms with van der Waals surface area (Å²) < 4.78 is 7.48. The summed E-state index contributed by atoms with van der Waals surface area (Å²) in [6, 6.07) is 10.8. The second-order valence-corrected chi connectivity index (χ2v) is 7.53. The van der Waals surface area contributed by atoms with E-state index in [0.717, 1.165) is 32.9 Å². The van der Waals surface area contributed by atoms with E-state index in [1.807, 2.05) is 37.4 Å². The molecule has 1 amide bonds. The number of nitrogens with zero attached hydrogens (tertiary/aromatic N) is 4. The maximum Gasteiger partial charge on any atom is 0.254 e. The molecule has 5 rings (SSSR count). The molecule has 1 atom stereocenters. The number of nitrogen functional groups attached to an aromatic ring is 1. The molecule has 2 aromatic heterocycles. The van der Waals surface area contributed by atoms with Gasteiger partial charge >= 0.3 is 0 Å². The van der Waals surface area contributed by atoms with Gasteiger partial charge in [-0.3, -0.25) is 14.5 Å². The third-order valence-electron chi connectivity index (χ3n) is 5.75. The van der Waals surface area contributed by atoms with Gasteiger partial charge in [0.05, 0.1) is 29.1 Å². The van der Waals surface area contributed by atoms with Gasteiger partial charge in [-0.25, -0.2) is 0 Å². The number of likely N-dealkylation sites (N-methyl/N-ethyl adjacent to an activating group) is 1. The number of aryl methyl sites for hydroxylation is 1. The topological polar surface area (TPSA) is 106 Å². The monoisotopic (exact) mass is 403 g/mol. The lowest BCUT2D eigenvalue weighted by molar-refractivity contribution is 0.0708. The summed E-state index contributed by atoms with van der Waals surface area (Å²) in [4.78, 5) is 19.4. The molecule has 0 aliphatic carbocycles. The number of benzene rings is 2. The van der Waals surface area contributed by atoms with Crippen LogP contribution >= 0.6 is 0 Å². The summed E-state index contributed by atoms with van der Waals surface area (Å²) >= 11 is 0. The Labute approximate surface area is 172 Å². The van der Waals surface area contributed by atoms with Crippen LogP contribution in [0.15, 0.2) is 42.6 Å². The lowest BCUT2D eigenvalue weighted by Gasteiger charge is -2.24. The quantitative estimate of drug-likeness (QED) is 0.544. The number of aliphatic hydroxyl groups is 1. The van der Waals surface area contributed by atoms with Gasteiger partial charge in [0.2, 0.25) is 0 Å². The van der Waals surface area contributed by atoms with Gasteiger partial charge in [-0.15, -0.1) is 0 Å². The number of carbonyl (C=O) groups excluding carboxylic acids is 1. The number of ether oxygens (including phenoxy) is 1. The van der Waals surface area contributed by atoms with Crippen molar-refractivity contribution in [1.82, 2.24) is 19.7 Å². The highest BCUT2D eigenvalue weighted by Gasteiger charge is 2.31. The van der Waals surface area contributed by atoms with Crippen molar-refractivity contribution >= 4 is 33.5 Å². The molecule has 0 radical (unpaired) electrons. The minimum absolute atomic E-state index is 0.0474. The smallest absolute Gasteiger partial charge is 0.254 e. The fraction of sp³-hybridized carbons (Fsp3) is 0.227. The fourth-order valence-electron chi connectivity index (χ4n) is 4.11. The lowest BCUT2D eigenvalue weighted by atomic mass is 10.0. The van der Waals surface area contributed by atoms with Gasteiger partial charge in [0.1, 0.15) is 12.4 Å². The summed E-state index contributed by atoms with van der Waals surface area (Å²) in [5.41, 5.74) is 9.88. The van der Waals surface area contributed by atoms with Gasteiger partial charge in [0.15, 0.2) is 5.82 Å². The summed E-state index contributed by atoms with van der Waals surface area (Å²) in [6.45, 7) is 0.332. The Kier molecular flexibility index (Phi) is 4.11. The normalized spacial score (nSPS) is 15.4. The first kappa shape index (κ1) is 18.4. The maximum atomic E-state index is 13.3. The standard InChI is InChI=1S/C22H21N5O3/c1-26(18-11-30-19-7-12(10-28)3-5-14(18)19)22(29)13-4-6-17-15(8-13)20-16(9-24-17)21(23)25-27(20)2/h3-9,18,28H,10-11H2,1-2H3,(H2,23,25). The third-order valence-corrected chi connectivity index (χ3v) is 5.75. The van der Waals surface area contributed by atoms with E-state index in [0.29, 0.717) is 23.7 Å². The van der Waals surface area contributed by atoms with Gasteiger partial charge < -0.3 is 20.5 Å². The largest absolute Gasteiger partial charge is 0.491 e. The van der Waals surface area contributed by atoms with Crippen molar-refractivity contribution in [2.75, 3.05) is 19.4 Å². The van der Waals surface area contributed by atoms with Crippen molar-refractivity contribution in [3.63, 3.8) is 0 Å². The van der Waals surface area contributed by atoms with E-state index >= 15 is 0 Å². The molecule has 1 unspecified atom stereocenters. The van der Waals surface area contributed by atoms with Crippen molar-refractivity contribution in [2.24, 2.45) is 7.05 Å². The highest BCUT2D eigenvalue weighted by Crippen LogP contribution is 2.37. The number of hydrogen-bond donors (Lipinski definition) is 2. The molecule has 8 nitrogen and oxygen atoms in total. The van der Waals surface area contributed by atoms with E-state index in [4.69, 9.17) is 10.5 Å². The molecular formula is C22H21N5O3. The van der Waals surface area contributed by atoms with E-state index < -0.39 is 0 Å². The van der Waals surface area contributed by atoms with Crippen molar-refractivity contribution in [3.05, 3.63) is 59.3 Å². The number of amides is 1. The number of aromatic nitrogens is 3. The Balaban J connectivity index is 1.53. The van der Waals surface area contributed by atoms with Crippen LogP contribution in [0.4, 0.5) is 5.82 Å². The Bertz CT molecular complexity index is 1310. The number of anilines is 1. The van der Waals surface area contributed by atoms with Gasteiger partial charge in [-0.05, 0) is 29.8 Å². The Hall–Kier alpha value is -3.65. The van der Waals surface area contributed by atoms with Crippen LogP contribution in [-0.2, 0) is 13.7 Å². The molecule has 152 valence electrons. The molecule has 30 heavy (non-hydrogen) atoms. The van der Waals surface area contributed by atoms with E-state index in [9.17, 15) is 9.90 Å². The van der Waals surface area contributed by atoms with Crippen LogP contribution < -0.4 is 10.5 Å². The molecular weight excluding hydrogens is 382 g/mol. The number of rotatable bonds is 3. The van der Waals surface area contributed by atoms with Gasteiger partial charge in [0, 0.05) is 36.8 Å². The Morgan fingerprint density at radius 2 is 2.13 bits per heavy atom. The fourth-order valence-corrected chi connectivity index (χ4v) is 4.11. The molecule has 1 aliphatic rings. The van der Waals surface area contributed by atoms with E-state index in [1.165, 1.54) is 0 Å². The zero-order valence-electron chi connectivity index (χ0n) is 16.7. The van der Waals surface area contributed by atoms with Crippen LogP contribution in [0.3, 0.4) is 0 Å². The molecule has 0 spiro atoms. The van der Waals surface area contributed by atoms with E-state index in [1.54, 1.807) is 28.9 Å². The number of fused-ring (bicyclic) bond motifs is 4. The van der Waals surface area contributed by atoms with Gasteiger partial charge in [-0.2, -0.15) is 5.10 Å². The van der Waals surface area contributed by atoms with Crippen molar-refractivity contribution in [3.8, 4) is 5.75 Å². The lowest BCUT2D eigenvalue weighted by Crippen LogP contribution is -2.32. The highest BCUT2D eigenvalue weighted by atomic mass is 16.5.